The molecule has 0 atom stereocenters. The van der Waals surface area contributed by atoms with Gasteiger partial charge in [-0.15, -0.1) is 22.0 Å². The first-order valence-electron chi connectivity index (χ1n) is 10.7. The summed E-state index contributed by atoms with van der Waals surface area (Å²) in [5, 5.41) is 12.6. The lowest BCUT2D eigenvalue weighted by atomic mass is 10.1. The predicted octanol–water partition coefficient (Wildman–Crippen LogP) is 6.22. The van der Waals surface area contributed by atoms with Crippen molar-refractivity contribution < 1.29 is 4.79 Å². The number of benzene rings is 3. The summed E-state index contributed by atoms with van der Waals surface area (Å²) >= 11 is 3.11. The number of carbonyl (C=O) groups excluding carboxylic acids is 1. The van der Waals surface area contributed by atoms with Crippen LogP contribution in [0.1, 0.15) is 22.5 Å². The second kappa shape index (κ2) is 10.7. The molecule has 4 aromatic rings. The van der Waals surface area contributed by atoms with Gasteiger partial charge >= 0.3 is 0 Å². The zero-order chi connectivity index (χ0) is 23.2. The maximum Gasteiger partial charge on any atom is 0.234 e. The van der Waals surface area contributed by atoms with E-state index < -0.39 is 0 Å². The van der Waals surface area contributed by atoms with Gasteiger partial charge in [0.2, 0.25) is 5.91 Å². The molecule has 0 saturated carbocycles. The fourth-order valence-corrected chi connectivity index (χ4v) is 4.87. The predicted molar refractivity (Wildman–Crippen MR) is 137 cm³/mol. The van der Waals surface area contributed by atoms with Crippen molar-refractivity contribution in [1.29, 1.82) is 0 Å². The molecular weight excluding hydrogens is 448 g/mol. The highest BCUT2D eigenvalue weighted by molar-refractivity contribution is 7.99. The van der Waals surface area contributed by atoms with E-state index in [-0.39, 0.29) is 11.7 Å². The first kappa shape index (κ1) is 23.1. The van der Waals surface area contributed by atoms with Gasteiger partial charge in [0, 0.05) is 16.3 Å². The molecule has 7 heteroatoms. The first-order chi connectivity index (χ1) is 16.0. The third kappa shape index (κ3) is 6.06. The number of rotatable bonds is 8. The first-order valence-corrected chi connectivity index (χ1v) is 12.7. The SMILES string of the molecule is Cc1ccc(SCc2nnc(SCC(=O)Nc3cc(C)ccc3C)n2-c2ccccc2)cc1. The van der Waals surface area contributed by atoms with E-state index in [1.807, 2.05) is 66.9 Å². The zero-order valence-electron chi connectivity index (χ0n) is 18.9. The van der Waals surface area contributed by atoms with Crippen LogP contribution in [0.15, 0.2) is 82.8 Å². The van der Waals surface area contributed by atoms with Crippen LogP contribution in [0.2, 0.25) is 0 Å². The van der Waals surface area contributed by atoms with E-state index in [0.29, 0.717) is 10.9 Å². The molecule has 168 valence electrons. The number of aromatic nitrogens is 3. The number of hydrogen-bond donors (Lipinski definition) is 1. The smallest absolute Gasteiger partial charge is 0.234 e. The Bertz CT molecular complexity index is 1240. The molecular formula is C26H26N4OS2. The van der Waals surface area contributed by atoms with Crippen molar-refractivity contribution in [3.8, 4) is 5.69 Å². The monoisotopic (exact) mass is 474 g/mol. The van der Waals surface area contributed by atoms with Gasteiger partial charge in [0.1, 0.15) is 5.82 Å². The molecule has 0 fully saturated rings. The van der Waals surface area contributed by atoms with E-state index in [2.05, 4.69) is 46.7 Å². The molecule has 3 aromatic carbocycles. The minimum absolute atomic E-state index is 0.0631. The Hall–Kier alpha value is -3.03. The van der Waals surface area contributed by atoms with Crippen LogP contribution >= 0.6 is 23.5 Å². The fourth-order valence-electron chi connectivity index (χ4n) is 3.29. The molecule has 4 rings (SSSR count). The number of nitrogens with zero attached hydrogens (tertiary/aromatic N) is 3. The highest BCUT2D eigenvalue weighted by Gasteiger charge is 2.16. The molecule has 1 aromatic heterocycles. The summed E-state index contributed by atoms with van der Waals surface area (Å²) in [5.74, 6) is 1.72. The summed E-state index contributed by atoms with van der Waals surface area (Å²) in [6.45, 7) is 6.09. The number of anilines is 1. The van der Waals surface area contributed by atoms with Gasteiger partial charge < -0.3 is 5.32 Å². The lowest BCUT2D eigenvalue weighted by Crippen LogP contribution is -2.15. The van der Waals surface area contributed by atoms with Crippen molar-refractivity contribution in [2.24, 2.45) is 0 Å². The standard InChI is InChI=1S/C26H26N4OS2/c1-18-10-13-22(14-11-18)32-16-24-28-29-26(30(24)21-7-5-4-6-8-21)33-17-25(31)27-23-15-19(2)9-12-20(23)3/h4-15H,16-17H2,1-3H3,(H,27,31). The van der Waals surface area contributed by atoms with Gasteiger partial charge in [0.25, 0.3) is 0 Å². The minimum Gasteiger partial charge on any atom is -0.325 e. The van der Waals surface area contributed by atoms with Crippen LogP contribution in [-0.4, -0.2) is 26.4 Å². The van der Waals surface area contributed by atoms with Crippen molar-refractivity contribution in [3.63, 3.8) is 0 Å². The van der Waals surface area contributed by atoms with E-state index >= 15 is 0 Å². The number of nitrogens with one attached hydrogen (secondary N) is 1. The van der Waals surface area contributed by atoms with Crippen molar-refractivity contribution in [3.05, 3.63) is 95.3 Å². The topological polar surface area (TPSA) is 59.8 Å². The zero-order valence-corrected chi connectivity index (χ0v) is 20.5. The average molecular weight is 475 g/mol. The summed E-state index contributed by atoms with van der Waals surface area (Å²) in [4.78, 5) is 13.8. The highest BCUT2D eigenvalue weighted by Crippen LogP contribution is 2.28. The average Bonchev–Trinajstić information content (AvgIpc) is 3.23. The molecule has 0 aliphatic heterocycles. The molecule has 0 bridgehead atoms. The molecule has 0 unspecified atom stereocenters. The van der Waals surface area contributed by atoms with E-state index in [0.717, 1.165) is 28.3 Å². The van der Waals surface area contributed by atoms with Crippen molar-refractivity contribution in [2.45, 2.75) is 36.6 Å². The van der Waals surface area contributed by atoms with Crippen LogP contribution in [0.5, 0.6) is 0 Å². The van der Waals surface area contributed by atoms with Gasteiger partial charge in [-0.25, -0.2) is 0 Å². The maximum absolute atomic E-state index is 12.6. The quantitative estimate of drug-likeness (QED) is 0.307. The maximum atomic E-state index is 12.6. The lowest BCUT2D eigenvalue weighted by molar-refractivity contribution is -0.113. The molecule has 0 saturated heterocycles. The third-order valence-electron chi connectivity index (χ3n) is 5.10. The Morgan fingerprint density at radius 2 is 1.61 bits per heavy atom. The summed E-state index contributed by atoms with van der Waals surface area (Å²) in [6.07, 6.45) is 0. The summed E-state index contributed by atoms with van der Waals surface area (Å²) < 4.78 is 2.04. The Morgan fingerprint density at radius 3 is 2.36 bits per heavy atom. The fraction of sp³-hybridized carbons (Fsp3) is 0.192. The molecule has 1 N–H and O–H groups in total. The molecule has 0 radical (unpaired) electrons. The van der Waals surface area contributed by atoms with Gasteiger partial charge in [-0.1, -0.05) is 59.8 Å². The molecule has 33 heavy (non-hydrogen) atoms. The third-order valence-corrected chi connectivity index (χ3v) is 7.04. The number of thioether (sulfide) groups is 2. The second-order valence-corrected chi connectivity index (χ2v) is 9.82. The van der Waals surface area contributed by atoms with Crippen LogP contribution < -0.4 is 5.32 Å². The van der Waals surface area contributed by atoms with Gasteiger partial charge in [-0.2, -0.15) is 0 Å². The van der Waals surface area contributed by atoms with Crippen LogP contribution in [0.3, 0.4) is 0 Å². The molecule has 1 heterocycles. The summed E-state index contributed by atoms with van der Waals surface area (Å²) in [6, 6.07) is 24.5. The largest absolute Gasteiger partial charge is 0.325 e. The number of aryl methyl sites for hydroxylation is 3. The molecule has 0 spiro atoms. The number of amides is 1. The number of hydrogen-bond acceptors (Lipinski definition) is 5. The van der Waals surface area contributed by atoms with Gasteiger partial charge in [-0.05, 0) is 62.2 Å². The van der Waals surface area contributed by atoms with Crippen LogP contribution in [-0.2, 0) is 10.5 Å². The normalized spacial score (nSPS) is 10.9. The summed E-state index contributed by atoms with van der Waals surface area (Å²) in [7, 11) is 0. The Morgan fingerprint density at radius 1 is 0.879 bits per heavy atom. The van der Waals surface area contributed by atoms with Gasteiger partial charge in [0.15, 0.2) is 5.16 Å². The minimum atomic E-state index is -0.0631. The number of para-hydroxylation sites is 1. The van der Waals surface area contributed by atoms with E-state index in [1.165, 1.54) is 22.2 Å². The van der Waals surface area contributed by atoms with Gasteiger partial charge in [0.05, 0.1) is 11.5 Å². The Labute approximate surface area is 203 Å². The van der Waals surface area contributed by atoms with E-state index in [9.17, 15) is 4.79 Å². The molecule has 0 aliphatic carbocycles. The van der Waals surface area contributed by atoms with Crippen molar-refractivity contribution in [1.82, 2.24) is 14.8 Å². The molecule has 1 amide bonds. The van der Waals surface area contributed by atoms with Crippen molar-refractivity contribution in [2.75, 3.05) is 11.1 Å². The second-order valence-electron chi connectivity index (χ2n) is 7.83. The van der Waals surface area contributed by atoms with Crippen LogP contribution in [0.25, 0.3) is 5.69 Å². The molecule has 5 nitrogen and oxygen atoms in total. The lowest BCUT2D eigenvalue weighted by Gasteiger charge is -2.11. The van der Waals surface area contributed by atoms with E-state index in [1.54, 1.807) is 11.8 Å². The van der Waals surface area contributed by atoms with Gasteiger partial charge in [-0.3, -0.25) is 9.36 Å². The highest BCUT2D eigenvalue weighted by atomic mass is 32.2. The Balaban J connectivity index is 1.49. The van der Waals surface area contributed by atoms with Crippen LogP contribution in [0.4, 0.5) is 5.69 Å². The molecule has 0 aliphatic rings. The van der Waals surface area contributed by atoms with Crippen molar-refractivity contribution >= 4 is 35.1 Å². The van der Waals surface area contributed by atoms with Crippen LogP contribution in [0, 0.1) is 20.8 Å². The number of carbonyl (C=O) groups is 1. The van der Waals surface area contributed by atoms with E-state index in [4.69, 9.17) is 0 Å². The summed E-state index contributed by atoms with van der Waals surface area (Å²) in [5.41, 5.74) is 5.23. The Kier molecular flexibility index (Phi) is 7.52.